The van der Waals surface area contributed by atoms with Crippen LogP contribution in [0.5, 0.6) is 5.75 Å². The molecule has 1 heterocycles. The van der Waals surface area contributed by atoms with Crippen LogP contribution in [0.3, 0.4) is 0 Å². The molecule has 3 heteroatoms. The number of aromatic hydroxyl groups is 1. The summed E-state index contributed by atoms with van der Waals surface area (Å²) in [6, 6.07) is 14.6. The maximum absolute atomic E-state index is 12.2. The average molecular weight is 254 g/mol. The van der Waals surface area contributed by atoms with E-state index in [0.717, 1.165) is 5.39 Å². The first-order chi connectivity index (χ1) is 8.77. The molecular formula is C15H10O2S. The highest BCUT2D eigenvalue weighted by atomic mass is 32.1. The molecule has 0 bridgehead atoms. The van der Waals surface area contributed by atoms with Crippen molar-refractivity contribution in [3.05, 3.63) is 64.4 Å². The molecule has 88 valence electrons. The molecule has 0 amide bonds. The van der Waals surface area contributed by atoms with Gasteiger partial charge in [0.2, 0.25) is 5.78 Å². The van der Waals surface area contributed by atoms with Gasteiger partial charge in [0, 0.05) is 5.39 Å². The lowest BCUT2D eigenvalue weighted by atomic mass is 10.0. The van der Waals surface area contributed by atoms with E-state index in [2.05, 4.69) is 0 Å². The second-order valence-electron chi connectivity index (χ2n) is 3.99. The molecule has 2 aromatic carbocycles. The maximum Gasteiger partial charge on any atom is 0.206 e. The van der Waals surface area contributed by atoms with E-state index >= 15 is 0 Å². The minimum Gasteiger partial charge on any atom is -0.507 e. The fourth-order valence-corrected chi connectivity index (χ4v) is 2.66. The van der Waals surface area contributed by atoms with Crippen LogP contribution in [-0.4, -0.2) is 10.9 Å². The summed E-state index contributed by atoms with van der Waals surface area (Å²) in [6.45, 7) is 0. The zero-order chi connectivity index (χ0) is 12.5. The second-order valence-corrected chi connectivity index (χ2v) is 4.94. The van der Waals surface area contributed by atoms with Gasteiger partial charge in [-0.3, -0.25) is 4.79 Å². The Balaban J connectivity index is 2.19. The van der Waals surface area contributed by atoms with Crippen molar-refractivity contribution in [2.75, 3.05) is 0 Å². The minimum atomic E-state index is -0.131. The van der Waals surface area contributed by atoms with Crippen molar-refractivity contribution in [3.63, 3.8) is 0 Å². The third kappa shape index (κ3) is 1.69. The Morgan fingerprint density at radius 3 is 2.61 bits per heavy atom. The summed E-state index contributed by atoms with van der Waals surface area (Å²) in [5, 5.41) is 13.7. The zero-order valence-corrected chi connectivity index (χ0v) is 10.3. The van der Waals surface area contributed by atoms with Crippen LogP contribution >= 0.6 is 11.3 Å². The SMILES string of the molecule is O=C(c1cccs1)c1ccc2ccccc2c1O. The molecule has 0 saturated carbocycles. The van der Waals surface area contributed by atoms with Crippen molar-refractivity contribution in [1.82, 2.24) is 0 Å². The normalized spacial score (nSPS) is 10.7. The molecule has 3 rings (SSSR count). The highest BCUT2D eigenvalue weighted by Crippen LogP contribution is 2.30. The van der Waals surface area contributed by atoms with Crippen LogP contribution in [0.4, 0.5) is 0 Å². The number of hydrogen-bond donors (Lipinski definition) is 1. The van der Waals surface area contributed by atoms with E-state index in [9.17, 15) is 9.90 Å². The topological polar surface area (TPSA) is 37.3 Å². The molecule has 0 unspecified atom stereocenters. The molecule has 0 saturated heterocycles. The van der Waals surface area contributed by atoms with Gasteiger partial charge in [0.05, 0.1) is 10.4 Å². The first-order valence-corrected chi connectivity index (χ1v) is 6.44. The number of carbonyl (C=O) groups is 1. The van der Waals surface area contributed by atoms with Gasteiger partial charge >= 0.3 is 0 Å². The quantitative estimate of drug-likeness (QED) is 0.705. The number of rotatable bonds is 2. The van der Waals surface area contributed by atoms with Gasteiger partial charge in [-0.15, -0.1) is 11.3 Å². The molecular weight excluding hydrogens is 244 g/mol. The van der Waals surface area contributed by atoms with Gasteiger partial charge in [0.25, 0.3) is 0 Å². The molecule has 0 aliphatic heterocycles. The van der Waals surface area contributed by atoms with Crippen LogP contribution in [-0.2, 0) is 0 Å². The van der Waals surface area contributed by atoms with Gasteiger partial charge in [-0.25, -0.2) is 0 Å². The number of thiophene rings is 1. The molecule has 18 heavy (non-hydrogen) atoms. The Morgan fingerprint density at radius 2 is 1.83 bits per heavy atom. The molecule has 0 radical (unpaired) electrons. The Hall–Kier alpha value is -2.13. The fraction of sp³-hybridized carbons (Fsp3) is 0. The van der Waals surface area contributed by atoms with Crippen molar-refractivity contribution < 1.29 is 9.90 Å². The van der Waals surface area contributed by atoms with Crippen molar-refractivity contribution in [2.45, 2.75) is 0 Å². The Bertz CT molecular complexity index is 714. The summed E-state index contributed by atoms with van der Waals surface area (Å²) in [7, 11) is 0. The van der Waals surface area contributed by atoms with Crippen LogP contribution in [0.2, 0.25) is 0 Å². The fourth-order valence-electron chi connectivity index (χ4n) is 1.98. The summed E-state index contributed by atoms with van der Waals surface area (Å²) in [5.41, 5.74) is 0.358. The van der Waals surface area contributed by atoms with Crippen molar-refractivity contribution in [3.8, 4) is 5.75 Å². The van der Waals surface area contributed by atoms with E-state index in [1.165, 1.54) is 11.3 Å². The number of carbonyl (C=O) groups excluding carboxylic acids is 1. The van der Waals surface area contributed by atoms with E-state index in [1.54, 1.807) is 12.1 Å². The van der Waals surface area contributed by atoms with Gasteiger partial charge in [-0.2, -0.15) is 0 Å². The molecule has 0 aliphatic rings. The van der Waals surface area contributed by atoms with E-state index < -0.39 is 0 Å². The lowest BCUT2D eigenvalue weighted by Gasteiger charge is -2.06. The molecule has 0 spiro atoms. The van der Waals surface area contributed by atoms with Crippen LogP contribution in [0.25, 0.3) is 10.8 Å². The summed E-state index contributed by atoms with van der Waals surface area (Å²) < 4.78 is 0. The first-order valence-electron chi connectivity index (χ1n) is 5.56. The van der Waals surface area contributed by atoms with Gasteiger partial charge in [-0.1, -0.05) is 36.4 Å². The Labute approximate surface area is 108 Å². The smallest absolute Gasteiger partial charge is 0.206 e. The molecule has 0 aliphatic carbocycles. The molecule has 0 atom stereocenters. The highest BCUT2D eigenvalue weighted by molar-refractivity contribution is 7.12. The predicted octanol–water partition coefficient (Wildman–Crippen LogP) is 3.84. The number of fused-ring (bicyclic) bond motifs is 1. The third-order valence-corrected chi connectivity index (χ3v) is 3.76. The highest BCUT2D eigenvalue weighted by Gasteiger charge is 2.15. The minimum absolute atomic E-state index is 0.0616. The lowest BCUT2D eigenvalue weighted by molar-refractivity contribution is 0.104. The van der Waals surface area contributed by atoms with E-state index in [4.69, 9.17) is 0 Å². The second kappa shape index (κ2) is 4.27. The third-order valence-electron chi connectivity index (χ3n) is 2.89. The monoisotopic (exact) mass is 254 g/mol. The lowest BCUT2D eigenvalue weighted by Crippen LogP contribution is -1.99. The zero-order valence-electron chi connectivity index (χ0n) is 9.46. The van der Waals surface area contributed by atoms with Crippen molar-refractivity contribution >= 4 is 27.9 Å². The van der Waals surface area contributed by atoms with Crippen LogP contribution < -0.4 is 0 Å². The number of phenols is 1. The van der Waals surface area contributed by atoms with Gasteiger partial charge in [0.1, 0.15) is 5.75 Å². The number of hydrogen-bond acceptors (Lipinski definition) is 3. The predicted molar refractivity (Wildman–Crippen MR) is 73.4 cm³/mol. The Kier molecular flexibility index (Phi) is 2.61. The first kappa shape index (κ1) is 11.0. The van der Waals surface area contributed by atoms with Gasteiger partial charge in [-0.05, 0) is 22.9 Å². The maximum atomic E-state index is 12.2. The summed E-state index contributed by atoms with van der Waals surface area (Å²) in [4.78, 5) is 12.9. The van der Waals surface area contributed by atoms with E-state index in [-0.39, 0.29) is 11.5 Å². The number of phenolic OH excluding ortho intramolecular Hbond substituents is 1. The molecule has 2 nitrogen and oxygen atoms in total. The molecule has 3 aromatic rings. The number of benzene rings is 2. The summed E-state index contributed by atoms with van der Waals surface area (Å²) in [5.74, 6) is -0.0697. The van der Waals surface area contributed by atoms with Crippen LogP contribution in [0, 0.1) is 0 Å². The van der Waals surface area contributed by atoms with E-state index in [1.807, 2.05) is 41.8 Å². The van der Waals surface area contributed by atoms with Crippen LogP contribution in [0.15, 0.2) is 53.9 Å². The van der Waals surface area contributed by atoms with E-state index in [0.29, 0.717) is 15.8 Å². The van der Waals surface area contributed by atoms with Gasteiger partial charge < -0.3 is 5.11 Å². The van der Waals surface area contributed by atoms with Gasteiger partial charge in [0.15, 0.2) is 0 Å². The standard InChI is InChI=1S/C15H10O2S/c16-14-11-5-2-1-4-10(11)7-8-12(14)15(17)13-6-3-9-18-13/h1-9,16H. The molecule has 1 aromatic heterocycles. The van der Waals surface area contributed by atoms with Crippen molar-refractivity contribution in [1.29, 1.82) is 0 Å². The molecule has 1 N–H and O–H groups in total. The van der Waals surface area contributed by atoms with Crippen molar-refractivity contribution in [2.24, 2.45) is 0 Å². The molecule has 0 fully saturated rings. The average Bonchev–Trinajstić information content (AvgIpc) is 2.93. The number of ketones is 1. The summed E-state index contributed by atoms with van der Waals surface area (Å²) in [6.07, 6.45) is 0. The Morgan fingerprint density at radius 1 is 1.00 bits per heavy atom. The summed E-state index contributed by atoms with van der Waals surface area (Å²) >= 11 is 1.38. The largest absolute Gasteiger partial charge is 0.507 e. The van der Waals surface area contributed by atoms with Crippen LogP contribution in [0.1, 0.15) is 15.2 Å².